The largest absolute Gasteiger partial charge is 0.374 e. The van der Waals surface area contributed by atoms with Crippen LogP contribution in [0.5, 0.6) is 0 Å². The Kier molecular flexibility index (Phi) is 3.13. The van der Waals surface area contributed by atoms with Crippen molar-refractivity contribution in [1.82, 2.24) is 4.81 Å². The monoisotopic (exact) mass is 254 g/mol. The number of hydrogen-bond donors (Lipinski definition) is 0. The number of hydrogen-bond acceptors (Lipinski definition) is 2. The lowest BCUT2D eigenvalue weighted by Gasteiger charge is -2.39. The summed E-state index contributed by atoms with van der Waals surface area (Å²) < 4.78 is 0. The molecule has 1 aromatic rings. The summed E-state index contributed by atoms with van der Waals surface area (Å²) >= 11 is 0. The molecule has 2 aliphatic heterocycles. The molecule has 3 rings (SSSR count). The van der Waals surface area contributed by atoms with Crippen LogP contribution in [0.25, 0.3) is 0 Å². The zero-order chi connectivity index (χ0) is 13.6. The lowest BCUT2D eigenvalue weighted by Crippen LogP contribution is -2.35. The quantitative estimate of drug-likeness (QED) is 0.655. The van der Waals surface area contributed by atoms with Crippen LogP contribution in [0.4, 0.5) is 5.69 Å². The summed E-state index contributed by atoms with van der Waals surface area (Å²) in [6, 6.07) is 4.88. The molecular formula is C16H23BN2. The number of anilines is 1. The average molecular weight is 254 g/mol. The van der Waals surface area contributed by atoms with Crippen LogP contribution in [0.3, 0.4) is 0 Å². The first kappa shape index (κ1) is 13.0. The van der Waals surface area contributed by atoms with Crippen LogP contribution in [-0.4, -0.2) is 39.5 Å². The Morgan fingerprint density at radius 1 is 1.05 bits per heavy atom. The van der Waals surface area contributed by atoms with Gasteiger partial charge >= 0.3 is 0 Å². The molecule has 19 heavy (non-hydrogen) atoms. The second-order valence-corrected chi connectivity index (χ2v) is 6.73. The third-order valence-electron chi connectivity index (χ3n) is 4.87. The highest BCUT2D eigenvalue weighted by Gasteiger charge is 2.31. The number of benzene rings is 1. The zero-order valence-electron chi connectivity index (χ0n) is 12.4. The number of rotatable bonds is 0. The van der Waals surface area contributed by atoms with Gasteiger partial charge in [-0.25, -0.2) is 0 Å². The maximum Gasteiger partial charge on any atom is 0.182 e. The molecule has 3 heteroatoms. The van der Waals surface area contributed by atoms with Gasteiger partial charge in [-0.2, -0.15) is 0 Å². The summed E-state index contributed by atoms with van der Waals surface area (Å²) in [5.74, 6) is 0. The summed E-state index contributed by atoms with van der Waals surface area (Å²) in [5, 5.41) is 0. The molecule has 2 aliphatic rings. The SMILES string of the molecule is [B]N1CCc2cc3c(cc2CC1)C(C)(C)CCN3C. The molecule has 2 heterocycles. The molecule has 100 valence electrons. The average Bonchev–Trinajstić information content (AvgIpc) is 2.56. The predicted octanol–water partition coefficient (Wildman–Crippen LogP) is 2.29. The lowest BCUT2D eigenvalue weighted by molar-refractivity contribution is 0.461. The Labute approximate surface area is 118 Å². The lowest BCUT2D eigenvalue weighted by atomic mass is 9.76. The topological polar surface area (TPSA) is 6.48 Å². The van der Waals surface area contributed by atoms with Crippen LogP contribution in [-0.2, 0) is 18.3 Å². The molecule has 0 spiro atoms. The second kappa shape index (κ2) is 4.55. The zero-order valence-corrected chi connectivity index (χ0v) is 12.4. The molecule has 0 unspecified atom stereocenters. The molecule has 1 aromatic carbocycles. The summed E-state index contributed by atoms with van der Waals surface area (Å²) in [7, 11) is 8.19. The van der Waals surface area contributed by atoms with Gasteiger partial charge in [0.2, 0.25) is 0 Å². The molecule has 0 bridgehead atoms. The minimum Gasteiger partial charge on any atom is -0.374 e. The third kappa shape index (κ3) is 2.29. The van der Waals surface area contributed by atoms with E-state index in [1.165, 1.54) is 28.8 Å². The maximum atomic E-state index is 5.97. The van der Waals surface area contributed by atoms with Crippen LogP contribution >= 0.6 is 0 Å². The van der Waals surface area contributed by atoms with Crippen molar-refractivity contribution in [2.45, 2.75) is 38.5 Å². The van der Waals surface area contributed by atoms with Crippen molar-refractivity contribution in [1.29, 1.82) is 0 Å². The Morgan fingerprint density at radius 3 is 2.37 bits per heavy atom. The number of nitrogens with zero attached hydrogens (tertiary/aromatic N) is 2. The fraction of sp³-hybridized carbons (Fsp3) is 0.625. The van der Waals surface area contributed by atoms with Crippen molar-refractivity contribution in [3.05, 3.63) is 28.8 Å². The highest BCUT2D eigenvalue weighted by molar-refractivity contribution is 6.04. The third-order valence-corrected chi connectivity index (χ3v) is 4.87. The van der Waals surface area contributed by atoms with E-state index in [-0.39, 0.29) is 0 Å². The molecule has 0 atom stereocenters. The van der Waals surface area contributed by atoms with E-state index in [2.05, 4.69) is 37.9 Å². The van der Waals surface area contributed by atoms with Gasteiger partial charge in [0.25, 0.3) is 0 Å². The Balaban J connectivity index is 2.08. The molecular weight excluding hydrogens is 231 g/mol. The molecule has 0 saturated carbocycles. The molecule has 0 aliphatic carbocycles. The van der Waals surface area contributed by atoms with E-state index in [0.717, 1.165) is 32.5 Å². The van der Waals surface area contributed by atoms with Crippen LogP contribution in [0.1, 0.15) is 37.0 Å². The van der Waals surface area contributed by atoms with Gasteiger partial charge in [0.1, 0.15) is 0 Å². The fourth-order valence-corrected chi connectivity index (χ4v) is 3.34. The smallest absolute Gasteiger partial charge is 0.182 e. The van der Waals surface area contributed by atoms with Gasteiger partial charge in [-0.3, -0.25) is 0 Å². The van der Waals surface area contributed by atoms with Gasteiger partial charge < -0.3 is 9.71 Å². The van der Waals surface area contributed by atoms with Crippen molar-refractivity contribution < 1.29 is 0 Å². The van der Waals surface area contributed by atoms with E-state index in [1.54, 1.807) is 0 Å². The van der Waals surface area contributed by atoms with Crippen molar-refractivity contribution in [3.63, 3.8) is 0 Å². The van der Waals surface area contributed by atoms with Crippen LogP contribution in [0.2, 0.25) is 0 Å². The van der Waals surface area contributed by atoms with Crippen LogP contribution < -0.4 is 4.90 Å². The first-order valence-corrected chi connectivity index (χ1v) is 7.34. The molecule has 2 nitrogen and oxygen atoms in total. The second-order valence-electron chi connectivity index (χ2n) is 6.73. The van der Waals surface area contributed by atoms with Gasteiger partial charge in [-0.15, -0.1) is 0 Å². The molecule has 0 fully saturated rings. The van der Waals surface area contributed by atoms with Gasteiger partial charge in [0, 0.05) is 19.3 Å². The highest BCUT2D eigenvalue weighted by atomic mass is 15.1. The van der Waals surface area contributed by atoms with Crippen molar-refractivity contribution in [2.75, 3.05) is 31.6 Å². The van der Waals surface area contributed by atoms with E-state index in [1.807, 2.05) is 4.81 Å². The maximum absolute atomic E-state index is 5.97. The van der Waals surface area contributed by atoms with Crippen molar-refractivity contribution in [2.24, 2.45) is 0 Å². The van der Waals surface area contributed by atoms with Gasteiger partial charge in [-0.05, 0) is 60.5 Å². The Hall–Kier alpha value is -0.955. The van der Waals surface area contributed by atoms with E-state index < -0.39 is 0 Å². The standard InChI is InChI=1S/C16H23BN2/c1-16(2)6-9-18(3)15-11-13-5-8-19(17)7-4-12(13)10-14(15)16/h10-11H,4-9H2,1-3H3. The van der Waals surface area contributed by atoms with Crippen molar-refractivity contribution in [3.8, 4) is 0 Å². The molecule has 0 N–H and O–H groups in total. The molecule has 0 amide bonds. The van der Waals surface area contributed by atoms with Crippen LogP contribution in [0, 0.1) is 0 Å². The van der Waals surface area contributed by atoms with E-state index in [0.29, 0.717) is 5.41 Å². The van der Waals surface area contributed by atoms with E-state index in [4.69, 9.17) is 7.98 Å². The Bertz CT molecular complexity index is 496. The Morgan fingerprint density at radius 2 is 1.68 bits per heavy atom. The normalized spacial score (nSPS) is 22.6. The predicted molar refractivity (Wildman–Crippen MR) is 82.1 cm³/mol. The minimum atomic E-state index is 0.297. The summed E-state index contributed by atoms with van der Waals surface area (Å²) in [5.41, 5.74) is 6.25. The molecule has 2 radical (unpaired) electrons. The highest BCUT2D eigenvalue weighted by Crippen LogP contribution is 2.41. The number of fused-ring (bicyclic) bond motifs is 2. The summed E-state index contributed by atoms with van der Waals surface area (Å²) in [6.07, 6.45) is 3.39. The fourth-order valence-electron chi connectivity index (χ4n) is 3.34. The van der Waals surface area contributed by atoms with E-state index >= 15 is 0 Å². The van der Waals surface area contributed by atoms with Crippen molar-refractivity contribution >= 4 is 13.7 Å². The van der Waals surface area contributed by atoms with E-state index in [9.17, 15) is 0 Å². The first-order valence-electron chi connectivity index (χ1n) is 7.34. The van der Waals surface area contributed by atoms with Gasteiger partial charge in [0.15, 0.2) is 7.98 Å². The van der Waals surface area contributed by atoms with Gasteiger partial charge in [0.05, 0.1) is 0 Å². The molecule has 0 saturated heterocycles. The summed E-state index contributed by atoms with van der Waals surface area (Å²) in [6.45, 7) is 7.84. The molecule has 0 aromatic heterocycles. The first-order chi connectivity index (χ1) is 8.97. The summed E-state index contributed by atoms with van der Waals surface area (Å²) in [4.78, 5) is 4.36. The van der Waals surface area contributed by atoms with Crippen LogP contribution in [0.15, 0.2) is 12.1 Å². The minimum absolute atomic E-state index is 0.297. The van der Waals surface area contributed by atoms with Gasteiger partial charge in [-0.1, -0.05) is 19.9 Å².